The van der Waals surface area contributed by atoms with Crippen LogP contribution in [0.5, 0.6) is 0 Å². The molecule has 0 bridgehead atoms. The molecule has 0 radical (unpaired) electrons. The number of likely N-dealkylation sites (N-methyl/N-ethyl adjacent to an activating group) is 1. The summed E-state index contributed by atoms with van der Waals surface area (Å²) in [7, 11) is 1.80. The largest absolute Gasteiger partial charge is 0.388 e. The number of esters is 1. The van der Waals surface area contributed by atoms with Crippen LogP contribution in [0.25, 0.3) is 0 Å². The Morgan fingerprint density at radius 3 is 1.92 bits per heavy atom. The van der Waals surface area contributed by atoms with Crippen LogP contribution in [0.2, 0.25) is 0 Å². The van der Waals surface area contributed by atoms with E-state index in [0.717, 1.165) is 45.3 Å². The van der Waals surface area contributed by atoms with Gasteiger partial charge in [-0.25, -0.2) is 0 Å². The number of hydrogen-bond donors (Lipinski definition) is 4. The van der Waals surface area contributed by atoms with Crippen LogP contribution in [0.4, 0.5) is 0 Å². The first kappa shape index (κ1) is 59.4. The number of nitrogens with zero attached hydrogens (tertiary/aromatic N) is 2. The Morgan fingerprint density at radius 2 is 1.37 bits per heavy atom. The van der Waals surface area contributed by atoms with Gasteiger partial charge in [0.1, 0.15) is 23.9 Å². The van der Waals surface area contributed by atoms with E-state index in [0.29, 0.717) is 24.9 Å². The number of carbonyl (C=O) groups excluding carboxylic acids is 2. The molecule has 0 unspecified atom stereocenters. The summed E-state index contributed by atoms with van der Waals surface area (Å²) in [6.45, 7) is 16.3. The van der Waals surface area contributed by atoms with Crippen LogP contribution in [0, 0.1) is 17.8 Å². The summed E-state index contributed by atoms with van der Waals surface area (Å²) in [5.74, 6) is -1.97. The Balaban J connectivity index is 1.19. The van der Waals surface area contributed by atoms with Gasteiger partial charge in [-0.3, -0.25) is 9.59 Å². The van der Waals surface area contributed by atoms with E-state index in [2.05, 4.69) is 60.7 Å². The molecule has 2 aromatic rings. The molecule has 3 fully saturated rings. The first-order valence-corrected chi connectivity index (χ1v) is 30.0. The standard InChI is InChI=1S/C58H97N2O10P/c1-11-50-58(8,66)53(63)45(6)60(40-41(2)39-57(7,65)54(42(3)37-43(4)55(64)69-50)70-56-52(62)49(59(9)10)38-44(5)68-56)51(61)31-25-17-15-13-12-14-16-18-26-36-71(46-27-21-19-22-28-46,47-29-23-20-24-30-47)48-32-34-67-35-33-48/h19-24,27-30,41-45,48-50,52-54,56,62-63,65-66,71H,11-18,25-26,31-40H2,1-10H3/t41-,42+,43-,44-,45-,49+,50-,52-,53-,54-,56+,57-,58-/m1/s1. The SMILES string of the molecule is CC[C@H]1OC(=O)[C@H](C)C[C@H](C)[C@@H](O[C@@H]2O[C@H](C)C[C@H](N(C)C)[C@H]2O)[C@](C)(O)C[C@@H](C)CN(C(=O)CCCCCCCCCCC[PH](c2ccccc2)(c2ccccc2)C2CCOCC2)[C@H](C)[C@@H](O)[C@]1(C)O. The number of ether oxygens (including phenoxy) is 4. The summed E-state index contributed by atoms with van der Waals surface area (Å²) in [5.41, 5.74) is -2.66. The van der Waals surface area contributed by atoms with Gasteiger partial charge in [0.15, 0.2) is 6.29 Å². The van der Waals surface area contributed by atoms with Gasteiger partial charge in [0, 0.05) is 12.6 Å². The summed E-state index contributed by atoms with van der Waals surface area (Å²) in [5, 5.41) is 50.9. The molecule has 3 aliphatic rings. The topological polar surface area (TPSA) is 158 Å². The fraction of sp³-hybridized carbons (Fsp3) is 0.759. The van der Waals surface area contributed by atoms with Gasteiger partial charge in [-0.05, 0) is 79.3 Å². The van der Waals surface area contributed by atoms with Crippen molar-refractivity contribution in [2.24, 2.45) is 17.8 Å². The number of aliphatic hydroxyl groups is 4. The van der Waals surface area contributed by atoms with Crippen molar-refractivity contribution in [2.75, 3.05) is 40.0 Å². The van der Waals surface area contributed by atoms with Gasteiger partial charge < -0.3 is 44.4 Å². The van der Waals surface area contributed by atoms with Gasteiger partial charge >= 0.3 is 197 Å². The third-order valence-corrected chi connectivity index (χ3v) is 22.5. The van der Waals surface area contributed by atoms with Crippen LogP contribution in [0.1, 0.15) is 158 Å². The first-order valence-electron chi connectivity index (χ1n) is 27.7. The average Bonchev–Trinajstić information content (AvgIpc) is 3.34. The molecule has 4 N–H and O–H groups in total. The van der Waals surface area contributed by atoms with Crippen molar-refractivity contribution in [2.45, 2.75) is 224 Å². The summed E-state index contributed by atoms with van der Waals surface area (Å²) in [4.78, 5) is 31.7. The molecule has 0 saturated carbocycles. The Morgan fingerprint density at radius 1 is 0.817 bits per heavy atom. The Kier molecular flexibility index (Phi) is 23.3. The molecular weight excluding hydrogens is 916 g/mol. The second-order valence-corrected chi connectivity index (χ2v) is 27.4. The molecule has 3 saturated heterocycles. The minimum atomic E-state index is -2.02. The number of aliphatic hydroxyl groups excluding tert-OH is 2. The van der Waals surface area contributed by atoms with Crippen molar-refractivity contribution in [1.82, 2.24) is 9.80 Å². The minimum Gasteiger partial charge on any atom is -0.388 e. The van der Waals surface area contributed by atoms with E-state index in [1.807, 2.05) is 39.8 Å². The monoisotopic (exact) mass is 1010 g/mol. The fourth-order valence-corrected chi connectivity index (χ4v) is 18.6. The number of unbranched alkanes of at least 4 members (excludes halogenated alkanes) is 8. The third-order valence-electron chi connectivity index (χ3n) is 16.7. The number of hydrogen-bond acceptors (Lipinski definition) is 11. The predicted molar refractivity (Wildman–Crippen MR) is 288 cm³/mol. The molecule has 0 aliphatic carbocycles. The van der Waals surface area contributed by atoms with Crippen molar-refractivity contribution >= 4 is 29.7 Å². The van der Waals surface area contributed by atoms with Crippen LogP contribution in [-0.4, -0.2) is 148 Å². The van der Waals surface area contributed by atoms with Crippen LogP contribution >= 0.6 is 7.26 Å². The summed E-state index contributed by atoms with van der Waals surface area (Å²) < 4.78 is 24.7. The maximum Gasteiger partial charge on any atom is 0.126 e. The van der Waals surface area contributed by atoms with Crippen molar-refractivity contribution in [1.29, 1.82) is 0 Å². The van der Waals surface area contributed by atoms with Gasteiger partial charge in [-0.15, -0.1) is 0 Å². The zero-order valence-corrected chi connectivity index (χ0v) is 46.5. The van der Waals surface area contributed by atoms with Gasteiger partial charge in [0.05, 0.1) is 29.8 Å². The third kappa shape index (κ3) is 15.8. The van der Waals surface area contributed by atoms with E-state index in [4.69, 9.17) is 18.9 Å². The second-order valence-electron chi connectivity index (χ2n) is 23.0. The van der Waals surface area contributed by atoms with Crippen molar-refractivity contribution in [3.05, 3.63) is 60.7 Å². The fourth-order valence-electron chi connectivity index (χ4n) is 12.8. The van der Waals surface area contributed by atoms with Crippen LogP contribution in [0.15, 0.2) is 60.7 Å². The average molecular weight is 1010 g/mol. The minimum absolute atomic E-state index is 0.128. The number of amides is 1. The summed E-state index contributed by atoms with van der Waals surface area (Å²) in [6.07, 6.45) is 9.51. The summed E-state index contributed by atoms with van der Waals surface area (Å²) >= 11 is 0. The van der Waals surface area contributed by atoms with Gasteiger partial charge in [-0.1, -0.05) is 27.7 Å². The molecule has 2 aromatic carbocycles. The van der Waals surface area contributed by atoms with E-state index in [-0.39, 0.29) is 49.8 Å². The smallest absolute Gasteiger partial charge is 0.126 e. The van der Waals surface area contributed by atoms with E-state index in [1.165, 1.54) is 45.2 Å². The zero-order valence-electron chi connectivity index (χ0n) is 45.5. The molecule has 3 heterocycles. The maximum absolute atomic E-state index is 14.3. The Bertz CT molecular complexity index is 1820. The first-order chi connectivity index (χ1) is 33.7. The molecule has 404 valence electrons. The van der Waals surface area contributed by atoms with Crippen LogP contribution < -0.4 is 10.6 Å². The van der Waals surface area contributed by atoms with E-state index >= 15 is 0 Å². The van der Waals surface area contributed by atoms with Crippen molar-refractivity contribution in [3.8, 4) is 0 Å². The van der Waals surface area contributed by atoms with Gasteiger partial charge in [0.25, 0.3) is 0 Å². The van der Waals surface area contributed by atoms with Gasteiger partial charge in [0.2, 0.25) is 0 Å². The molecule has 5 rings (SSSR count). The quantitative estimate of drug-likeness (QED) is 0.0609. The van der Waals surface area contributed by atoms with Crippen LogP contribution in [0.3, 0.4) is 0 Å². The Labute approximate surface area is 429 Å². The number of benzene rings is 2. The number of cyclic esters (lactones) is 1. The zero-order chi connectivity index (χ0) is 51.9. The van der Waals surface area contributed by atoms with Crippen LogP contribution in [-0.2, 0) is 28.5 Å². The van der Waals surface area contributed by atoms with Gasteiger partial charge in [-0.2, -0.15) is 0 Å². The van der Waals surface area contributed by atoms with Crippen molar-refractivity contribution < 1.29 is 49.0 Å². The number of carbonyl (C=O) groups is 2. The molecular formula is C58H97N2O10P. The molecule has 12 nitrogen and oxygen atoms in total. The molecule has 71 heavy (non-hydrogen) atoms. The van der Waals surface area contributed by atoms with E-state index in [9.17, 15) is 30.0 Å². The summed E-state index contributed by atoms with van der Waals surface area (Å²) in [6, 6.07) is 21.7. The predicted octanol–water partition coefficient (Wildman–Crippen LogP) is 8.38. The van der Waals surface area contributed by atoms with E-state index in [1.54, 1.807) is 43.2 Å². The molecule has 13 atom stereocenters. The molecule has 3 aliphatic heterocycles. The van der Waals surface area contributed by atoms with Crippen molar-refractivity contribution in [3.63, 3.8) is 0 Å². The Hall–Kier alpha value is -2.51. The molecule has 13 heteroatoms. The normalized spacial score (nSPS) is 33.5. The molecule has 0 aromatic heterocycles. The maximum atomic E-state index is 14.3. The molecule has 0 spiro atoms. The van der Waals surface area contributed by atoms with E-state index < -0.39 is 73.0 Å². The second kappa shape index (κ2) is 27.9. The number of rotatable bonds is 19. The molecule has 1 amide bonds.